The van der Waals surface area contributed by atoms with E-state index >= 15 is 0 Å². The zero-order valence-electron chi connectivity index (χ0n) is 11.4. The smallest absolute Gasteiger partial charge is 0.169 e. The number of nitrogens with zero attached hydrogens (tertiary/aromatic N) is 3. The summed E-state index contributed by atoms with van der Waals surface area (Å²) in [6, 6.07) is 4.17. The number of nitrogens with one attached hydrogen (secondary N) is 1. The Bertz CT molecular complexity index is 520. The molecule has 0 radical (unpaired) electrons. The molecule has 6 heteroatoms. The lowest BCUT2D eigenvalue weighted by Crippen LogP contribution is -2.30. The average molecular weight is 327 g/mol. The molecule has 5 nitrogen and oxygen atoms in total. The number of hydrogen-bond donors (Lipinski definition) is 1. The van der Waals surface area contributed by atoms with E-state index in [0.717, 1.165) is 23.5 Å². The van der Waals surface area contributed by atoms with Crippen LogP contribution in [0.4, 0.5) is 0 Å². The Balaban J connectivity index is 1.91. The summed E-state index contributed by atoms with van der Waals surface area (Å²) >= 11 is 3.30. The minimum atomic E-state index is 0.298. The van der Waals surface area contributed by atoms with E-state index in [0.29, 0.717) is 6.04 Å². The minimum Gasteiger partial charge on any atom is -0.453 e. The zero-order chi connectivity index (χ0) is 13.8. The van der Waals surface area contributed by atoms with Gasteiger partial charge in [-0.2, -0.15) is 5.10 Å². The van der Waals surface area contributed by atoms with E-state index in [1.54, 1.807) is 0 Å². The lowest BCUT2D eigenvalue weighted by Gasteiger charge is -2.23. The standard InChI is InChI=1S/C13H19BrN4O/c1-17(2)12(10-6-16-18(3)9-10)8-15-7-11-4-5-13(14)19-11/h4-6,9,12,15H,7-8H2,1-3H3/t12-/m1/s1. The zero-order valence-corrected chi connectivity index (χ0v) is 13.0. The number of rotatable bonds is 6. The van der Waals surface area contributed by atoms with Crippen molar-refractivity contribution < 1.29 is 4.42 Å². The second kappa shape index (κ2) is 6.36. The normalized spacial score (nSPS) is 13.1. The van der Waals surface area contributed by atoms with Gasteiger partial charge in [0.25, 0.3) is 0 Å². The Morgan fingerprint density at radius 2 is 2.26 bits per heavy atom. The van der Waals surface area contributed by atoms with Crippen molar-refractivity contribution in [1.29, 1.82) is 0 Å². The minimum absolute atomic E-state index is 0.298. The topological polar surface area (TPSA) is 46.2 Å². The second-order valence-electron chi connectivity index (χ2n) is 4.76. The van der Waals surface area contributed by atoms with Crippen molar-refractivity contribution in [3.05, 3.63) is 40.5 Å². The van der Waals surface area contributed by atoms with E-state index in [1.807, 2.05) is 30.1 Å². The van der Waals surface area contributed by atoms with Crippen LogP contribution in [0.25, 0.3) is 0 Å². The van der Waals surface area contributed by atoms with Gasteiger partial charge in [0.15, 0.2) is 4.67 Å². The third-order valence-corrected chi connectivity index (χ3v) is 3.42. The Morgan fingerprint density at radius 3 is 2.79 bits per heavy atom. The first-order valence-corrected chi connectivity index (χ1v) is 6.95. The number of hydrogen-bond acceptors (Lipinski definition) is 4. The summed E-state index contributed by atoms with van der Waals surface area (Å²) in [6.07, 6.45) is 3.96. The Kier molecular flexibility index (Phi) is 4.79. The van der Waals surface area contributed by atoms with Gasteiger partial charge < -0.3 is 14.6 Å². The predicted molar refractivity (Wildman–Crippen MR) is 77.8 cm³/mol. The summed E-state index contributed by atoms with van der Waals surface area (Å²) in [4.78, 5) is 2.18. The van der Waals surface area contributed by atoms with Crippen LogP contribution in [0.2, 0.25) is 0 Å². The van der Waals surface area contributed by atoms with Crippen LogP contribution in [-0.2, 0) is 13.6 Å². The molecule has 0 aliphatic heterocycles. The van der Waals surface area contributed by atoms with Crippen LogP contribution in [-0.4, -0.2) is 35.3 Å². The number of furan rings is 1. The lowest BCUT2D eigenvalue weighted by molar-refractivity contribution is 0.285. The molecule has 0 aromatic carbocycles. The van der Waals surface area contributed by atoms with E-state index in [4.69, 9.17) is 4.42 Å². The SMILES string of the molecule is CN(C)[C@H](CNCc1ccc(Br)o1)c1cnn(C)c1. The molecule has 2 heterocycles. The van der Waals surface area contributed by atoms with E-state index < -0.39 is 0 Å². The Labute approximate surface area is 121 Å². The average Bonchev–Trinajstić information content (AvgIpc) is 2.93. The number of likely N-dealkylation sites (N-methyl/N-ethyl adjacent to an activating group) is 1. The summed E-state index contributed by atoms with van der Waals surface area (Å²) in [5, 5.41) is 7.64. The van der Waals surface area contributed by atoms with Crippen LogP contribution in [0.3, 0.4) is 0 Å². The molecule has 0 fully saturated rings. The molecule has 0 aliphatic rings. The summed E-state index contributed by atoms with van der Waals surface area (Å²) < 4.78 is 8.05. The van der Waals surface area contributed by atoms with Gasteiger partial charge in [0.2, 0.25) is 0 Å². The van der Waals surface area contributed by atoms with Crippen molar-refractivity contribution in [1.82, 2.24) is 20.0 Å². The largest absolute Gasteiger partial charge is 0.453 e. The number of halogens is 1. The molecule has 1 N–H and O–H groups in total. The summed E-state index contributed by atoms with van der Waals surface area (Å²) in [5.41, 5.74) is 1.21. The highest BCUT2D eigenvalue weighted by Crippen LogP contribution is 2.17. The summed E-state index contributed by atoms with van der Waals surface area (Å²) in [5.74, 6) is 0.926. The molecule has 2 aromatic rings. The fraction of sp³-hybridized carbons (Fsp3) is 0.462. The van der Waals surface area contributed by atoms with E-state index in [2.05, 4.69) is 51.5 Å². The molecule has 0 saturated carbocycles. The van der Waals surface area contributed by atoms with Gasteiger partial charge in [0, 0.05) is 31.4 Å². The Hall–Kier alpha value is -1.11. The van der Waals surface area contributed by atoms with Crippen LogP contribution in [0.15, 0.2) is 33.6 Å². The van der Waals surface area contributed by atoms with E-state index in [-0.39, 0.29) is 0 Å². The maximum absolute atomic E-state index is 5.46. The molecule has 0 unspecified atom stereocenters. The molecular weight excluding hydrogens is 308 g/mol. The second-order valence-corrected chi connectivity index (χ2v) is 5.55. The van der Waals surface area contributed by atoms with Crippen LogP contribution in [0.5, 0.6) is 0 Å². The van der Waals surface area contributed by atoms with Crippen LogP contribution in [0, 0.1) is 0 Å². The fourth-order valence-electron chi connectivity index (χ4n) is 1.99. The third kappa shape index (κ3) is 3.92. The molecular formula is C13H19BrN4O. The van der Waals surface area contributed by atoms with E-state index in [1.165, 1.54) is 5.56 Å². The fourth-order valence-corrected chi connectivity index (χ4v) is 2.33. The number of aryl methyl sites for hydroxylation is 1. The third-order valence-electron chi connectivity index (χ3n) is 3.00. The van der Waals surface area contributed by atoms with Crippen LogP contribution < -0.4 is 5.32 Å². The molecule has 0 amide bonds. The van der Waals surface area contributed by atoms with Crippen molar-refractivity contribution in [3.63, 3.8) is 0 Å². The molecule has 2 rings (SSSR count). The highest BCUT2D eigenvalue weighted by Gasteiger charge is 2.15. The molecule has 0 bridgehead atoms. The molecule has 104 valence electrons. The predicted octanol–water partition coefficient (Wildman–Crippen LogP) is 2.17. The van der Waals surface area contributed by atoms with Gasteiger partial charge in [0.1, 0.15) is 5.76 Å². The van der Waals surface area contributed by atoms with Gasteiger partial charge in [-0.3, -0.25) is 4.68 Å². The Morgan fingerprint density at radius 1 is 1.47 bits per heavy atom. The first-order valence-electron chi connectivity index (χ1n) is 6.16. The molecule has 0 saturated heterocycles. The monoisotopic (exact) mass is 326 g/mol. The van der Waals surface area contributed by atoms with Crippen molar-refractivity contribution in [2.24, 2.45) is 7.05 Å². The van der Waals surface area contributed by atoms with Crippen LogP contribution >= 0.6 is 15.9 Å². The van der Waals surface area contributed by atoms with Gasteiger partial charge in [-0.1, -0.05) is 0 Å². The quantitative estimate of drug-likeness (QED) is 0.883. The first kappa shape index (κ1) is 14.3. The van der Waals surface area contributed by atoms with Gasteiger partial charge >= 0.3 is 0 Å². The maximum atomic E-state index is 5.46. The van der Waals surface area contributed by atoms with Gasteiger partial charge in [-0.15, -0.1) is 0 Å². The van der Waals surface area contributed by atoms with Gasteiger partial charge in [-0.05, 0) is 42.2 Å². The summed E-state index contributed by atoms with van der Waals surface area (Å²) in [6.45, 7) is 1.56. The molecule has 1 atom stereocenters. The lowest BCUT2D eigenvalue weighted by atomic mass is 10.1. The molecule has 0 aliphatic carbocycles. The molecule has 0 spiro atoms. The van der Waals surface area contributed by atoms with Crippen molar-refractivity contribution in [2.45, 2.75) is 12.6 Å². The van der Waals surface area contributed by atoms with Crippen molar-refractivity contribution in [2.75, 3.05) is 20.6 Å². The highest BCUT2D eigenvalue weighted by atomic mass is 79.9. The van der Waals surface area contributed by atoms with Crippen molar-refractivity contribution >= 4 is 15.9 Å². The van der Waals surface area contributed by atoms with E-state index in [9.17, 15) is 0 Å². The number of aromatic nitrogens is 2. The van der Waals surface area contributed by atoms with Gasteiger partial charge in [-0.25, -0.2) is 0 Å². The first-order chi connectivity index (χ1) is 9.06. The van der Waals surface area contributed by atoms with Crippen molar-refractivity contribution in [3.8, 4) is 0 Å². The maximum Gasteiger partial charge on any atom is 0.169 e. The molecule has 2 aromatic heterocycles. The highest BCUT2D eigenvalue weighted by molar-refractivity contribution is 9.10. The van der Waals surface area contributed by atoms with Crippen LogP contribution in [0.1, 0.15) is 17.4 Å². The van der Waals surface area contributed by atoms with Gasteiger partial charge in [0.05, 0.1) is 12.7 Å². The summed E-state index contributed by atoms with van der Waals surface area (Å²) in [7, 11) is 6.08. The molecule has 19 heavy (non-hydrogen) atoms.